The number of hydrogen-bond acceptors (Lipinski definition) is 4. The average Bonchev–Trinajstić information content (AvgIpc) is 2.82. The third kappa shape index (κ3) is 3.04. The molecule has 0 spiro atoms. The highest BCUT2D eigenvalue weighted by Gasteiger charge is 2.08. The first-order valence-corrected chi connectivity index (χ1v) is 6.49. The van der Waals surface area contributed by atoms with Crippen LogP contribution in [0.5, 0.6) is 5.75 Å². The average molecular weight is 313 g/mol. The topological polar surface area (TPSA) is 62.2 Å². The first-order valence-electron chi connectivity index (χ1n) is 4.82. The number of benzene rings is 1. The zero-order valence-electron chi connectivity index (χ0n) is 8.68. The van der Waals surface area contributed by atoms with E-state index in [1.165, 1.54) is 17.4 Å². The summed E-state index contributed by atoms with van der Waals surface area (Å²) in [6.45, 7) is 0.396. The van der Waals surface area contributed by atoms with E-state index in [0.29, 0.717) is 16.6 Å². The zero-order valence-corrected chi connectivity index (χ0v) is 11.1. The third-order valence-corrected chi connectivity index (χ3v) is 3.54. The Morgan fingerprint density at radius 2 is 2.35 bits per heavy atom. The molecule has 2 rings (SSSR count). The van der Waals surface area contributed by atoms with Gasteiger partial charge in [0, 0.05) is 17.1 Å². The van der Waals surface area contributed by atoms with Crippen molar-refractivity contribution in [3.63, 3.8) is 0 Å². The third-order valence-electron chi connectivity index (χ3n) is 2.09. The first-order chi connectivity index (χ1) is 8.16. The van der Waals surface area contributed by atoms with Crippen molar-refractivity contribution in [2.75, 3.05) is 0 Å². The van der Waals surface area contributed by atoms with E-state index in [9.17, 15) is 9.90 Å². The number of carbonyl (C=O) groups is 1. The van der Waals surface area contributed by atoms with Gasteiger partial charge in [-0.1, -0.05) is 0 Å². The van der Waals surface area contributed by atoms with Crippen molar-refractivity contribution in [3.05, 3.63) is 44.8 Å². The molecule has 0 atom stereocenters. The van der Waals surface area contributed by atoms with E-state index in [-0.39, 0.29) is 11.7 Å². The van der Waals surface area contributed by atoms with Crippen molar-refractivity contribution in [2.45, 2.75) is 6.54 Å². The van der Waals surface area contributed by atoms with Crippen LogP contribution in [0.4, 0.5) is 0 Å². The van der Waals surface area contributed by atoms with Crippen molar-refractivity contribution in [3.8, 4) is 5.75 Å². The Morgan fingerprint density at radius 3 is 3.00 bits per heavy atom. The second-order valence-corrected chi connectivity index (χ2v) is 5.11. The van der Waals surface area contributed by atoms with Crippen molar-refractivity contribution < 1.29 is 9.90 Å². The lowest BCUT2D eigenvalue weighted by Gasteiger charge is -2.04. The molecule has 0 aliphatic rings. The van der Waals surface area contributed by atoms with Gasteiger partial charge < -0.3 is 10.4 Å². The fourth-order valence-electron chi connectivity index (χ4n) is 1.25. The molecule has 1 heterocycles. The van der Waals surface area contributed by atoms with Crippen LogP contribution in [0.2, 0.25) is 0 Å². The molecule has 0 saturated carbocycles. The number of amides is 1. The molecule has 0 radical (unpaired) electrons. The summed E-state index contributed by atoms with van der Waals surface area (Å²) in [6.07, 6.45) is 1.69. The second-order valence-electron chi connectivity index (χ2n) is 3.27. The standard InChI is InChI=1S/C11H9BrN2O2S/c12-8-2-1-7(5-9(8)15)11(16)14-6-10-13-3-4-17-10/h1-5,15H,6H2,(H,14,16). The lowest BCUT2D eigenvalue weighted by atomic mass is 10.2. The Balaban J connectivity index is 2.02. The van der Waals surface area contributed by atoms with Crippen molar-refractivity contribution in [2.24, 2.45) is 0 Å². The Labute approximate surface area is 110 Å². The summed E-state index contributed by atoms with van der Waals surface area (Å²) in [4.78, 5) is 15.8. The molecule has 0 aliphatic heterocycles. The van der Waals surface area contributed by atoms with Crippen molar-refractivity contribution in [1.29, 1.82) is 0 Å². The highest BCUT2D eigenvalue weighted by atomic mass is 79.9. The number of aromatic hydroxyl groups is 1. The predicted molar refractivity (Wildman–Crippen MR) is 69.1 cm³/mol. The number of aromatic nitrogens is 1. The molecule has 0 unspecified atom stereocenters. The highest BCUT2D eigenvalue weighted by Crippen LogP contribution is 2.24. The first kappa shape index (κ1) is 12.1. The maximum Gasteiger partial charge on any atom is 0.251 e. The summed E-state index contributed by atoms with van der Waals surface area (Å²) in [5.41, 5.74) is 0.419. The van der Waals surface area contributed by atoms with E-state index >= 15 is 0 Å². The van der Waals surface area contributed by atoms with Crippen LogP contribution < -0.4 is 5.32 Å². The van der Waals surface area contributed by atoms with Crippen LogP contribution in [-0.2, 0) is 6.54 Å². The molecule has 2 N–H and O–H groups in total. The molecule has 1 amide bonds. The maximum atomic E-state index is 11.7. The Morgan fingerprint density at radius 1 is 1.53 bits per heavy atom. The number of rotatable bonds is 3. The number of carbonyl (C=O) groups excluding carboxylic acids is 1. The summed E-state index contributed by atoms with van der Waals surface area (Å²) in [6, 6.07) is 4.69. The Bertz CT molecular complexity index is 528. The molecule has 1 aromatic carbocycles. The van der Waals surface area contributed by atoms with Gasteiger partial charge in [0.2, 0.25) is 0 Å². The van der Waals surface area contributed by atoms with Crippen molar-refractivity contribution in [1.82, 2.24) is 10.3 Å². The number of nitrogens with zero attached hydrogens (tertiary/aromatic N) is 1. The van der Waals surface area contributed by atoms with E-state index in [4.69, 9.17) is 0 Å². The second kappa shape index (κ2) is 5.29. The largest absolute Gasteiger partial charge is 0.507 e. The fourth-order valence-corrected chi connectivity index (χ4v) is 2.05. The van der Waals surface area contributed by atoms with Gasteiger partial charge in [0.25, 0.3) is 5.91 Å². The van der Waals surface area contributed by atoms with Gasteiger partial charge in [0.1, 0.15) is 10.8 Å². The number of nitrogens with one attached hydrogen (secondary N) is 1. The molecule has 4 nitrogen and oxygen atoms in total. The van der Waals surface area contributed by atoms with Gasteiger partial charge in [-0.3, -0.25) is 4.79 Å². The van der Waals surface area contributed by atoms with Crippen LogP contribution in [0, 0.1) is 0 Å². The number of thiazole rings is 1. The van der Waals surface area contributed by atoms with Crippen LogP contribution in [0.1, 0.15) is 15.4 Å². The van der Waals surface area contributed by atoms with Crippen LogP contribution >= 0.6 is 27.3 Å². The lowest BCUT2D eigenvalue weighted by Crippen LogP contribution is -2.22. The van der Waals surface area contributed by atoms with Gasteiger partial charge in [-0.2, -0.15) is 0 Å². The minimum absolute atomic E-state index is 0.0481. The predicted octanol–water partition coefficient (Wildman–Crippen LogP) is 2.54. The van der Waals surface area contributed by atoms with Crippen LogP contribution in [-0.4, -0.2) is 16.0 Å². The Kier molecular flexibility index (Phi) is 3.75. The number of halogens is 1. The molecule has 0 aliphatic carbocycles. The smallest absolute Gasteiger partial charge is 0.251 e. The number of phenols is 1. The monoisotopic (exact) mass is 312 g/mol. The summed E-state index contributed by atoms with van der Waals surface area (Å²) in [5.74, 6) is -0.185. The molecular formula is C11H9BrN2O2S. The molecule has 88 valence electrons. The number of phenolic OH excluding ortho intramolecular Hbond substituents is 1. The SMILES string of the molecule is O=C(NCc1nccs1)c1ccc(Br)c(O)c1. The van der Waals surface area contributed by atoms with Crippen molar-refractivity contribution >= 4 is 33.2 Å². The zero-order chi connectivity index (χ0) is 12.3. The van der Waals surface area contributed by atoms with Gasteiger partial charge in [-0.15, -0.1) is 11.3 Å². The van der Waals surface area contributed by atoms with E-state index in [0.717, 1.165) is 5.01 Å². The fraction of sp³-hybridized carbons (Fsp3) is 0.0909. The van der Waals surface area contributed by atoms with Crippen LogP contribution in [0.25, 0.3) is 0 Å². The lowest BCUT2D eigenvalue weighted by molar-refractivity contribution is 0.0950. The van der Waals surface area contributed by atoms with Gasteiger partial charge in [-0.25, -0.2) is 4.98 Å². The minimum atomic E-state index is -0.233. The van der Waals surface area contributed by atoms with E-state index in [1.54, 1.807) is 18.3 Å². The van der Waals surface area contributed by atoms with Gasteiger partial charge in [0.05, 0.1) is 11.0 Å². The highest BCUT2D eigenvalue weighted by molar-refractivity contribution is 9.10. The van der Waals surface area contributed by atoms with Crippen LogP contribution in [0.3, 0.4) is 0 Å². The quantitative estimate of drug-likeness (QED) is 0.915. The normalized spacial score (nSPS) is 10.2. The molecule has 0 saturated heterocycles. The van der Waals surface area contributed by atoms with E-state index in [2.05, 4.69) is 26.2 Å². The summed E-state index contributed by atoms with van der Waals surface area (Å²) in [5, 5.41) is 14.9. The van der Waals surface area contributed by atoms with Crippen LogP contribution in [0.15, 0.2) is 34.2 Å². The van der Waals surface area contributed by atoms with Gasteiger partial charge >= 0.3 is 0 Å². The molecule has 1 aromatic heterocycles. The van der Waals surface area contributed by atoms with Gasteiger partial charge in [-0.05, 0) is 34.1 Å². The van der Waals surface area contributed by atoms with E-state index in [1.807, 2.05) is 5.38 Å². The van der Waals surface area contributed by atoms with E-state index < -0.39 is 0 Å². The minimum Gasteiger partial charge on any atom is -0.507 e. The molecule has 0 fully saturated rings. The Hall–Kier alpha value is -1.40. The molecule has 2 aromatic rings. The maximum absolute atomic E-state index is 11.7. The number of hydrogen-bond donors (Lipinski definition) is 2. The van der Waals surface area contributed by atoms with Gasteiger partial charge in [0.15, 0.2) is 0 Å². The molecule has 0 bridgehead atoms. The molecule has 17 heavy (non-hydrogen) atoms. The summed E-state index contributed by atoms with van der Waals surface area (Å²) >= 11 is 4.64. The molecule has 6 heteroatoms. The summed E-state index contributed by atoms with van der Waals surface area (Å²) in [7, 11) is 0. The molecular weight excluding hydrogens is 304 g/mol. The summed E-state index contributed by atoms with van der Waals surface area (Å²) < 4.78 is 0.564.